The summed E-state index contributed by atoms with van der Waals surface area (Å²) in [7, 11) is 0. The van der Waals surface area contributed by atoms with Crippen molar-refractivity contribution >= 4 is 15.9 Å². The number of halogens is 2. The van der Waals surface area contributed by atoms with Crippen LogP contribution in [0.4, 0.5) is 4.39 Å². The molecule has 3 N–H and O–H groups in total. The quantitative estimate of drug-likeness (QED) is 0.839. The topological polar surface area (TPSA) is 55.5 Å². The number of ether oxygens (including phenoxy) is 1. The predicted octanol–water partition coefficient (Wildman–Crippen LogP) is 2.90. The molecule has 0 amide bonds. The maximum Gasteiger partial charge on any atom is 0.137 e. The summed E-state index contributed by atoms with van der Waals surface area (Å²) in [5, 5.41) is 10.0. The summed E-state index contributed by atoms with van der Waals surface area (Å²) in [6.45, 7) is 0.0616. The van der Waals surface area contributed by atoms with Crippen LogP contribution in [0.1, 0.15) is 5.56 Å². The number of hydrogen-bond donors (Lipinski definition) is 2. The molecule has 112 valence electrons. The standard InChI is InChI=1S/C16H17BrFNO2/c17-13-9-12(6-7-14(13)18)21-10-16(20)15(19)8-11-4-2-1-3-5-11/h1-7,9,15-16,20H,8,10,19H2. The van der Waals surface area contributed by atoms with Gasteiger partial charge in [0.05, 0.1) is 4.47 Å². The molecule has 0 saturated carbocycles. The summed E-state index contributed by atoms with van der Waals surface area (Å²) >= 11 is 3.08. The molecule has 2 aromatic carbocycles. The predicted molar refractivity (Wildman–Crippen MR) is 83.7 cm³/mol. The third-order valence-electron chi connectivity index (χ3n) is 3.12. The SMILES string of the molecule is NC(Cc1ccccc1)C(O)COc1ccc(F)c(Br)c1. The molecule has 3 nitrogen and oxygen atoms in total. The molecule has 0 aliphatic heterocycles. The van der Waals surface area contributed by atoms with Gasteiger partial charge in [0.25, 0.3) is 0 Å². The van der Waals surface area contributed by atoms with E-state index in [1.54, 1.807) is 0 Å². The van der Waals surface area contributed by atoms with E-state index in [1.165, 1.54) is 18.2 Å². The van der Waals surface area contributed by atoms with Gasteiger partial charge in [0, 0.05) is 6.04 Å². The molecule has 2 aromatic rings. The Balaban J connectivity index is 1.86. The van der Waals surface area contributed by atoms with Crippen LogP contribution in [0.3, 0.4) is 0 Å². The summed E-state index contributed by atoms with van der Waals surface area (Å²) in [6.07, 6.45) is -0.229. The van der Waals surface area contributed by atoms with Gasteiger partial charge in [0.15, 0.2) is 0 Å². The second-order valence-electron chi connectivity index (χ2n) is 4.81. The Morgan fingerprint density at radius 2 is 1.90 bits per heavy atom. The second-order valence-corrected chi connectivity index (χ2v) is 5.66. The van der Waals surface area contributed by atoms with Gasteiger partial charge in [-0.1, -0.05) is 30.3 Å². The van der Waals surface area contributed by atoms with Crippen LogP contribution in [-0.4, -0.2) is 23.9 Å². The Kier molecular flexibility index (Phi) is 5.73. The highest BCUT2D eigenvalue weighted by Gasteiger charge is 2.16. The molecule has 0 heterocycles. The third kappa shape index (κ3) is 4.81. The Labute approximate surface area is 131 Å². The smallest absolute Gasteiger partial charge is 0.137 e. The van der Waals surface area contributed by atoms with Crippen LogP contribution in [0.2, 0.25) is 0 Å². The highest BCUT2D eigenvalue weighted by Crippen LogP contribution is 2.21. The van der Waals surface area contributed by atoms with E-state index in [0.717, 1.165) is 5.56 Å². The fraction of sp³-hybridized carbons (Fsp3) is 0.250. The average Bonchev–Trinajstić information content (AvgIpc) is 2.49. The van der Waals surface area contributed by atoms with Crippen LogP contribution in [0, 0.1) is 5.82 Å². The lowest BCUT2D eigenvalue weighted by molar-refractivity contribution is 0.0851. The number of hydrogen-bond acceptors (Lipinski definition) is 3. The molecule has 0 radical (unpaired) electrons. The van der Waals surface area contributed by atoms with Gasteiger partial charge in [0.1, 0.15) is 24.3 Å². The van der Waals surface area contributed by atoms with Gasteiger partial charge in [-0.15, -0.1) is 0 Å². The van der Waals surface area contributed by atoms with Gasteiger partial charge >= 0.3 is 0 Å². The van der Waals surface area contributed by atoms with Crippen molar-refractivity contribution in [3.8, 4) is 5.75 Å². The minimum Gasteiger partial charge on any atom is -0.491 e. The molecule has 5 heteroatoms. The number of aliphatic hydroxyl groups is 1. The second kappa shape index (κ2) is 7.54. The maximum absolute atomic E-state index is 13.1. The van der Waals surface area contributed by atoms with Gasteiger partial charge in [-0.25, -0.2) is 4.39 Å². The van der Waals surface area contributed by atoms with Gasteiger partial charge in [-0.3, -0.25) is 0 Å². The zero-order chi connectivity index (χ0) is 15.2. The molecule has 0 aliphatic rings. The van der Waals surface area contributed by atoms with E-state index in [-0.39, 0.29) is 12.4 Å². The zero-order valence-corrected chi connectivity index (χ0v) is 13.0. The molecule has 0 aliphatic carbocycles. The van der Waals surface area contributed by atoms with E-state index in [1.807, 2.05) is 30.3 Å². The number of aliphatic hydroxyl groups excluding tert-OH is 1. The first-order chi connectivity index (χ1) is 10.1. The average molecular weight is 354 g/mol. The van der Waals surface area contributed by atoms with Crippen molar-refractivity contribution in [1.82, 2.24) is 0 Å². The van der Waals surface area contributed by atoms with Crippen LogP contribution in [0.25, 0.3) is 0 Å². The van der Waals surface area contributed by atoms with E-state index in [0.29, 0.717) is 16.6 Å². The highest BCUT2D eigenvalue weighted by molar-refractivity contribution is 9.10. The third-order valence-corrected chi connectivity index (χ3v) is 3.73. The van der Waals surface area contributed by atoms with Crippen LogP contribution in [0.5, 0.6) is 5.75 Å². The lowest BCUT2D eigenvalue weighted by Crippen LogP contribution is -2.40. The summed E-state index contributed by atoms with van der Waals surface area (Å²) in [5.41, 5.74) is 7.03. The van der Waals surface area contributed by atoms with E-state index < -0.39 is 12.1 Å². The molecule has 0 saturated heterocycles. The summed E-state index contributed by atoms with van der Waals surface area (Å²) in [5.74, 6) is 0.123. The summed E-state index contributed by atoms with van der Waals surface area (Å²) in [4.78, 5) is 0. The molecule has 21 heavy (non-hydrogen) atoms. The highest BCUT2D eigenvalue weighted by atomic mass is 79.9. The van der Waals surface area contributed by atoms with Crippen molar-refractivity contribution in [3.63, 3.8) is 0 Å². The van der Waals surface area contributed by atoms with E-state index >= 15 is 0 Å². The Hall–Kier alpha value is -1.43. The van der Waals surface area contributed by atoms with Crippen molar-refractivity contribution in [2.75, 3.05) is 6.61 Å². The largest absolute Gasteiger partial charge is 0.491 e. The summed E-state index contributed by atoms with van der Waals surface area (Å²) in [6, 6.07) is 13.6. The number of rotatable bonds is 6. The molecular weight excluding hydrogens is 337 g/mol. The molecule has 0 bridgehead atoms. The van der Waals surface area contributed by atoms with Crippen LogP contribution in [0.15, 0.2) is 53.0 Å². The van der Waals surface area contributed by atoms with Crippen molar-refractivity contribution in [2.24, 2.45) is 5.73 Å². The molecule has 0 spiro atoms. The molecule has 0 fully saturated rings. The van der Waals surface area contributed by atoms with Crippen molar-refractivity contribution in [1.29, 1.82) is 0 Å². The van der Waals surface area contributed by atoms with Gasteiger partial charge in [0.2, 0.25) is 0 Å². The first kappa shape index (κ1) is 15.9. The van der Waals surface area contributed by atoms with Crippen molar-refractivity contribution in [2.45, 2.75) is 18.6 Å². The minimum absolute atomic E-state index is 0.0616. The Morgan fingerprint density at radius 1 is 1.19 bits per heavy atom. The van der Waals surface area contributed by atoms with Gasteiger partial charge in [-0.05, 0) is 46.1 Å². The first-order valence-corrected chi connectivity index (χ1v) is 7.41. The first-order valence-electron chi connectivity index (χ1n) is 6.61. The zero-order valence-electron chi connectivity index (χ0n) is 11.4. The molecule has 0 aromatic heterocycles. The lowest BCUT2D eigenvalue weighted by atomic mass is 10.0. The summed E-state index contributed by atoms with van der Waals surface area (Å²) < 4.78 is 18.9. The van der Waals surface area contributed by atoms with Crippen molar-refractivity contribution in [3.05, 3.63) is 64.4 Å². The minimum atomic E-state index is -0.797. The number of benzene rings is 2. The molecule has 2 rings (SSSR count). The maximum atomic E-state index is 13.1. The normalized spacial score (nSPS) is 13.7. The molecule has 2 unspecified atom stereocenters. The van der Waals surface area contributed by atoms with Crippen LogP contribution in [-0.2, 0) is 6.42 Å². The van der Waals surface area contributed by atoms with Crippen LogP contribution >= 0.6 is 15.9 Å². The van der Waals surface area contributed by atoms with Crippen molar-refractivity contribution < 1.29 is 14.2 Å². The molecule has 2 atom stereocenters. The molecular formula is C16H17BrFNO2. The fourth-order valence-corrected chi connectivity index (χ4v) is 2.25. The van der Waals surface area contributed by atoms with E-state index in [2.05, 4.69) is 15.9 Å². The Bertz CT molecular complexity index is 580. The Morgan fingerprint density at radius 3 is 2.57 bits per heavy atom. The lowest BCUT2D eigenvalue weighted by Gasteiger charge is -2.19. The van der Waals surface area contributed by atoms with Gasteiger partial charge < -0.3 is 15.6 Å². The van der Waals surface area contributed by atoms with E-state index in [9.17, 15) is 9.50 Å². The number of nitrogens with two attached hydrogens (primary N) is 1. The fourth-order valence-electron chi connectivity index (χ4n) is 1.89. The van der Waals surface area contributed by atoms with Gasteiger partial charge in [-0.2, -0.15) is 0 Å². The van der Waals surface area contributed by atoms with Crippen LogP contribution < -0.4 is 10.5 Å². The van der Waals surface area contributed by atoms with E-state index in [4.69, 9.17) is 10.5 Å². The monoisotopic (exact) mass is 353 g/mol.